The van der Waals surface area contributed by atoms with Crippen LogP contribution in [0.3, 0.4) is 0 Å². The molecule has 0 bridgehead atoms. The van der Waals surface area contributed by atoms with Gasteiger partial charge in [0.15, 0.2) is 0 Å². The molecule has 6 heteroatoms. The Morgan fingerprint density at radius 3 is 2.54 bits per heavy atom. The van der Waals surface area contributed by atoms with Crippen molar-refractivity contribution in [1.82, 2.24) is 5.32 Å². The molecule has 1 amide bonds. The number of carbonyl (C=O) groups excluding carboxylic acids is 1. The second-order valence-corrected chi connectivity index (χ2v) is 7.05. The third-order valence-electron chi connectivity index (χ3n) is 3.89. The molecule has 0 saturated heterocycles. The predicted molar refractivity (Wildman–Crippen MR) is 103 cm³/mol. The molecule has 2 N–H and O–H groups in total. The summed E-state index contributed by atoms with van der Waals surface area (Å²) in [4.78, 5) is 24.5. The molecule has 0 aliphatic carbocycles. The van der Waals surface area contributed by atoms with Crippen LogP contribution < -0.4 is 10.1 Å². The number of methoxy groups -OCH3 is 1. The van der Waals surface area contributed by atoms with Gasteiger partial charge in [-0.3, -0.25) is 9.59 Å². The van der Waals surface area contributed by atoms with Gasteiger partial charge in [-0.25, -0.2) is 0 Å². The van der Waals surface area contributed by atoms with Gasteiger partial charge in [0.05, 0.1) is 18.8 Å². The summed E-state index contributed by atoms with van der Waals surface area (Å²) in [6, 6.07) is 15.2. The summed E-state index contributed by atoms with van der Waals surface area (Å²) in [6.07, 6.45) is 0.392. The first-order valence-corrected chi connectivity index (χ1v) is 9.28. The average molecular weight is 373 g/mol. The highest BCUT2D eigenvalue weighted by molar-refractivity contribution is 8.00. The number of amides is 1. The van der Waals surface area contributed by atoms with Crippen LogP contribution in [0.2, 0.25) is 0 Å². The monoisotopic (exact) mass is 373 g/mol. The zero-order valence-electron chi connectivity index (χ0n) is 14.9. The number of aliphatic carboxylic acids is 1. The third kappa shape index (κ3) is 6.44. The summed E-state index contributed by atoms with van der Waals surface area (Å²) in [7, 11) is 1.60. The van der Waals surface area contributed by atoms with Crippen molar-refractivity contribution in [3.63, 3.8) is 0 Å². The van der Waals surface area contributed by atoms with Crippen LogP contribution in [0.1, 0.15) is 11.1 Å². The number of hydrogen-bond donors (Lipinski definition) is 2. The van der Waals surface area contributed by atoms with E-state index in [2.05, 4.69) is 5.32 Å². The largest absolute Gasteiger partial charge is 0.497 e. The van der Waals surface area contributed by atoms with Gasteiger partial charge in [-0.2, -0.15) is 0 Å². The number of carboxylic acids is 1. The Balaban J connectivity index is 1.81. The van der Waals surface area contributed by atoms with Crippen molar-refractivity contribution in [2.75, 3.05) is 19.4 Å². The molecule has 0 saturated carbocycles. The zero-order chi connectivity index (χ0) is 18.9. The van der Waals surface area contributed by atoms with E-state index in [0.29, 0.717) is 6.42 Å². The number of thioether (sulfide) groups is 1. The molecule has 0 aliphatic heterocycles. The number of ether oxygens (including phenoxy) is 1. The number of hydrogen-bond acceptors (Lipinski definition) is 4. The molecule has 0 radical (unpaired) electrons. The van der Waals surface area contributed by atoms with Gasteiger partial charge in [0.1, 0.15) is 5.75 Å². The van der Waals surface area contributed by atoms with Gasteiger partial charge in [-0.1, -0.05) is 29.8 Å². The minimum atomic E-state index is -0.908. The smallest absolute Gasteiger partial charge is 0.308 e. The van der Waals surface area contributed by atoms with E-state index in [-0.39, 0.29) is 18.2 Å². The van der Waals surface area contributed by atoms with E-state index < -0.39 is 11.9 Å². The van der Waals surface area contributed by atoms with Gasteiger partial charge < -0.3 is 15.2 Å². The van der Waals surface area contributed by atoms with E-state index in [1.165, 1.54) is 11.8 Å². The first kappa shape index (κ1) is 19.8. The van der Waals surface area contributed by atoms with Gasteiger partial charge in [0.2, 0.25) is 5.91 Å². The van der Waals surface area contributed by atoms with Gasteiger partial charge in [-0.05, 0) is 43.2 Å². The van der Waals surface area contributed by atoms with Crippen LogP contribution in [0.4, 0.5) is 0 Å². The number of nitrogens with one attached hydrogen (secondary N) is 1. The second kappa shape index (κ2) is 9.87. The highest BCUT2D eigenvalue weighted by Gasteiger charge is 2.19. The summed E-state index contributed by atoms with van der Waals surface area (Å²) in [5.74, 6) is -0.731. The molecule has 2 aromatic carbocycles. The van der Waals surface area contributed by atoms with E-state index in [0.717, 1.165) is 21.8 Å². The molecule has 0 fully saturated rings. The molecule has 26 heavy (non-hydrogen) atoms. The van der Waals surface area contributed by atoms with Crippen molar-refractivity contribution in [1.29, 1.82) is 0 Å². The molecule has 0 aromatic heterocycles. The van der Waals surface area contributed by atoms with Gasteiger partial charge >= 0.3 is 5.97 Å². The number of aryl methyl sites for hydroxylation is 1. The lowest BCUT2D eigenvalue weighted by molar-refractivity contribution is -0.141. The number of rotatable bonds is 9. The third-order valence-corrected chi connectivity index (χ3v) is 4.90. The fourth-order valence-electron chi connectivity index (χ4n) is 2.48. The van der Waals surface area contributed by atoms with E-state index in [1.807, 2.05) is 55.5 Å². The zero-order valence-corrected chi connectivity index (χ0v) is 15.7. The highest BCUT2D eigenvalue weighted by atomic mass is 32.2. The Bertz CT molecular complexity index is 746. The minimum absolute atomic E-state index is 0.116. The highest BCUT2D eigenvalue weighted by Crippen LogP contribution is 2.21. The maximum absolute atomic E-state index is 12.0. The van der Waals surface area contributed by atoms with E-state index in [9.17, 15) is 14.7 Å². The number of carbonyl (C=O) groups is 2. The van der Waals surface area contributed by atoms with E-state index >= 15 is 0 Å². The van der Waals surface area contributed by atoms with Gasteiger partial charge in [0.25, 0.3) is 0 Å². The normalized spacial score (nSPS) is 11.6. The first-order valence-electron chi connectivity index (χ1n) is 8.30. The topological polar surface area (TPSA) is 75.6 Å². The lowest BCUT2D eigenvalue weighted by atomic mass is 9.98. The standard InChI is InChI=1S/C20H23NO4S/c1-14-4-3-5-15(10-14)11-16(20(23)24)12-21-19(22)13-26-18-8-6-17(25-2)7-9-18/h3-10,16H,11-13H2,1-2H3,(H,21,22)(H,23,24). The van der Waals surface area contributed by atoms with Crippen LogP contribution in [-0.2, 0) is 16.0 Å². The van der Waals surface area contributed by atoms with Crippen molar-refractivity contribution in [2.45, 2.75) is 18.2 Å². The molecular weight excluding hydrogens is 350 g/mol. The SMILES string of the molecule is COc1ccc(SCC(=O)NCC(Cc2cccc(C)c2)C(=O)O)cc1. The van der Waals surface area contributed by atoms with Crippen molar-refractivity contribution in [2.24, 2.45) is 5.92 Å². The Hall–Kier alpha value is -2.47. The molecule has 2 aromatic rings. The summed E-state index contributed by atoms with van der Waals surface area (Å²) >= 11 is 1.40. The van der Waals surface area contributed by atoms with Crippen LogP contribution in [0.25, 0.3) is 0 Å². The fourth-order valence-corrected chi connectivity index (χ4v) is 3.21. The van der Waals surface area contributed by atoms with Crippen LogP contribution in [-0.4, -0.2) is 36.4 Å². The van der Waals surface area contributed by atoms with Crippen LogP contribution in [0, 0.1) is 12.8 Å². The molecule has 1 unspecified atom stereocenters. The van der Waals surface area contributed by atoms with E-state index in [1.54, 1.807) is 7.11 Å². The molecule has 138 valence electrons. The van der Waals surface area contributed by atoms with Crippen molar-refractivity contribution in [3.8, 4) is 5.75 Å². The van der Waals surface area contributed by atoms with Gasteiger partial charge in [-0.15, -0.1) is 11.8 Å². The summed E-state index contributed by atoms with van der Waals surface area (Å²) in [6.45, 7) is 2.09. The maximum Gasteiger partial charge on any atom is 0.308 e. The molecule has 5 nitrogen and oxygen atoms in total. The predicted octanol–water partition coefficient (Wildman–Crippen LogP) is 3.16. The number of benzene rings is 2. The minimum Gasteiger partial charge on any atom is -0.497 e. The summed E-state index contributed by atoms with van der Waals surface area (Å²) in [5.41, 5.74) is 2.05. The molecule has 0 spiro atoms. The summed E-state index contributed by atoms with van der Waals surface area (Å²) < 4.78 is 5.09. The first-order chi connectivity index (χ1) is 12.5. The van der Waals surface area contributed by atoms with Crippen LogP contribution in [0.5, 0.6) is 5.75 Å². The Kier molecular flexibility index (Phi) is 7.53. The van der Waals surface area contributed by atoms with Crippen LogP contribution in [0.15, 0.2) is 53.4 Å². The van der Waals surface area contributed by atoms with Crippen LogP contribution >= 0.6 is 11.8 Å². The van der Waals surface area contributed by atoms with Gasteiger partial charge in [0, 0.05) is 11.4 Å². The Labute approximate surface area is 157 Å². The average Bonchev–Trinajstić information content (AvgIpc) is 2.63. The van der Waals surface area contributed by atoms with E-state index in [4.69, 9.17) is 4.74 Å². The number of carboxylic acid groups (broad SMARTS) is 1. The van der Waals surface area contributed by atoms with Crippen molar-refractivity contribution >= 4 is 23.6 Å². The van der Waals surface area contributed by atoms with Crippen molar-refractivity contribution in [3.05, 3.63) is 59.7 Å². The Morgan fingerprint density at radius 1 is 1.19 bits per heavy atom. The molecule has 0 aliphatic rings. The summed E-state index contributed by atoms with van der Waals surface area (Å²) in [5, 5.41) is 12.1. The molecule has 2 rings (SSSR count). The maximum atomic E-state index is 12.0. The lowest BCUT2D eigenvalue weighted by Gasteiger charge is -2.14. The second-order valence-electron chi connectivity index (χ2n) is 6.00. The molecule has 0 heterocycles. The molecule has 1 atom stereocenters. The quantitative estimate of drug-likeness (QED) is 0.661. The molecular formula is C20H23NO4S. The fraction of sp³-hybridized carbons (Fsp3) is 0.300. The van der Waals surface area contributed by atoms with Crippen molar-refractivity contribution < 1.29 is 19.4 Å². The lowest BCUT2D eigenvalue weighted by Crippen LogP contribution is -2.35. The Morgan fingerprint density at radius 2 is 1.92 bits per heavy atom.